The number of furan rings is 1. The second-order valence-corrected chi connectivity index (χ2v) is 4.14. The first-order chi connectivity index (χ1) is 9.50. The van der Waals surface area contributed by atoms with E-state index in [2.05, 4.69) is 0 Å². The zero-order valence-corrected chi connectivity index (χ0v) is 10.8. The third-order valence-electron chi connectivity index (χ3n) is 2.74. The van der Waals surface area contributed by atoms with Gasteiger partial charge in [0.15, 0.2) is 0 Å². The number of hydrogen-bond donors (Lipinski definition) is 2. The summed E-state index contributed by atoms with van der Waals surface area (Å²) in [6, 6.07) is 9.05. The van der Waals surface area contributed by atoms with Crippen LogP contribution in [-0.2, 0) is 11.3 Å². The van der Waals surface area contributed by atoms with Gasteiger partial charge in [0, 0.05) is 0 Å². The number of nitrogens with two attached hydrogens (primary N) is 1. The number of aromatic carboxylic acids is 1. The molecule has 0 atom stereocenters. The van der Waals surface area contributed by atoms with Crippen LogP contribution in [0.25, 0.3) is 0 Å². The number of carbonyl (C=O) groups is 2. The fourth-order valence-corrected chi connectivity index (χ4v) is 1.82. The van der Waals surface area contributed by atoms with Crippen LogP contribution in [0.4, 0.5) is 5.88 Å². The Morgan fingerprint density at radius 1 is 1.25 bits per heavy atom. The third kappa shape index (κ3) is 2.64. The van der Waals surface area contributed by atoms with Gasteiger partial charge in [0.2, 0.25) is 5.88 Å². The van der Waals surface area contributed by atoms with Crippen LogP contribution in [0, 0.1) is 6.92 Å². The summed E-state index contributed by atoms with van der Waals surface area (Å²) in [6.07, 6.45) is 0. The van der Waals surface area contributed by atoms with Crippen LogP contribution in [0.5, 0.6) is 0 Å². The molecule has 0 spiro atoms. The minimum atomic E-state index is -1.33. The maximum absolute atomic E-state index is 12.0. The summed E-state index contributed by atoms with van der Waals surface area (Å²) in [5, 5.41) is 9.05. The fraction of sp³-hybridized carbons (Fsp3) is 0.143. The molecule has 0 saturated heterocycles. The maximum atomic E-state index is 12.0. The van der Waals surface area contributed by atoms with Crippen LogP contribution >= 0.6 is 0 Å². The van der Waals surface area contributed by atoms with Crippen molar-refractivity contribution in [2.24, 2.45) is 0 Å². The van der Waals surface area contributed by atoms with E-state index in [0.717, 1.165) is 5.56 Å². The first kappa shape index (κ1) is 13.7. The predicted molar refractivity (Wildman–Crippen MR) is 70.4 cm³/mol. The molecule has 2 aromatic rings. The third-order valence-corrected chi connectivity index (χ3v) is 2.74. The summed E-state index contributed by atoms with van der Waals surface area (Å²) in [5.74, 6) is -2.28. The lowest BCUT2D eigenvalue weighted by Gasteiger charge is -2.04. The number of ether oxygens (including phenoxy) is 1. The lowest BCUT2D eigenvalue weighted by atomic mass is 10.1. The van der Waals surface area contributed by atoms with Crippen molar-refractivity contribution in [1.29, 1.82) is 0 Å². The van der Waals surface area contributed by atoms with Gasteiger partial charge < -0.3 is 20.0 Å². The standard InChI is InChI=1S/C14H13NO5/c1-8-10(11(13(16)17)12(15)20-8)14(18)19-7-9-5-3-2-4-6-9/h2-6H,7,15H2,1H3,(H,16,17). The number of anilines is 1. The molecule has 0 saturated carbocycles. The molecule has 0 unspecified atom stereocenters. The van der Waals surface area contributed by atoms with Crippen molar-refractivity contribution in [1.82, 2.24) is 0 Å². The molecule has 1 aromatic heterocycles. The molecular formula is C14H13NO5. The predicted octanol–water partition coefficient (Wildman–Crippen LogP) is 2.23. The number of carbonyl (C=O) groups excluding carboxylic acids is 1. The monoisotopic (exact) mass is 275 g/mol. The van der Waals surface area contributed by atoms with Gasteiger partial charge in [0.1, 0.15) is 23.5 Å². The average molecular weight is 275 g/mol. The van der Waals surface area contributed by atoms with Crippen molar-refractivity contribution >= 4 is 17.8 Å². The van der Waals surface area contributed by atoms with Crippen LogP contribution in [0.2, 0.25) is 0 Å². The molecule has 1 heterocycles. The van der Waals surface area contributed by atoms with Crippen LogP contribution in [0.3, 0.4) is 0 Å². The summed E-state index contributed by atoms with van der Waals surface area (Å²) >= 11 is 0. The second-order valence-electron chi connectivity index (χ2n) is 4.14. The number of carboxylic acids is 1. The molecule has 1 aromatic carbocycles. The summed E-state index contributed by atoms with van der Waals surface area (Å²) in [5.41, 5.74) is 5.72. The number of rotatable bonds is 4. The van der Waals surface area contributed by atoms with Crippen molar-refractivity contribution in [2.75, 3.05) is 5.73 Å². The zero-order valence-electron chi connectivity index (χ0n) is 10.8. The maximum Gasteiger partial charge on any atom is 0.343 e. The molecule has 3 N–H and O–H groups in total. The Kier molecular flexibility index (Phi) is 3.74. The van der Waals surface area contributed by atoms with Crippen molar-refractivity contribution in [3.05, 3.63) is 52.8 Å². The number of nitrogen functional groups attached to an aromatic ring is 1. The van der Waals surface area contributed by atoms with Gasteiger partial charge in [-0.05, 0) is 12.5 Å². The van der Waals surface area contributed by atoms with E-state index in [1.54, 1.807) is 12.1 Å². The van der Waals surface area contributed by atoms with Crippen molar-refractivity contribution < 1.29 is 23.8 Å². The molecule has 0 aliphatic heterocycles. The highest BCUT2D eigenvalue weighted by Crippen LogP contribution is 2.25. The lowest BCUT2D eigenvalue weighted by Crippen LogP contribution is -2.12. The lowest BCUT2D eigenvalue weighted by molar-refractivity contribution is 0.0462. The van der Waals surface area contributed by atoms with Crippen molar-refractivity contribution in [3.63, 3.8) is 0 Å². The van der Waals surface area contributed by atoms with Gasteiger partial charge in [0.05, 0.1) is 0 Å². The molecule has 0 fully saturated rings. The Morgan fingerprint density at radius 3 is 2.50 bits per heavy atom. The van der Waals surface area contributed by atoms with E-state index in [0.29, 0.717) is 0 Å². The molecule has 0 amide bonds. The van der Waals surface area contributed by atoms with Gasteiger partial charge in [0.25, 0.3) is 0 Å². The van der Waals surface area contributed by atoms with Crippen LogP contribution in [-0.4, -0.2) is 17.0 Å². The highest BCUT2D eigenvalue weighted by molar-refractivity contribution is 6.06. The summed E-state index contributed by atoms with van der Waals surface area (Å²) < 4.78 is 10.1. The number of carboxylic acid groups (broad SMARTS) is 1. The fourth-order valence-electron chi connectivity index (χ4n) is 1.82. The Morgan fingerprint density at radius 2 is 1.90 bits per heavy atom. The smallest absolute Gasteiger partial charge is 0.343 e. The minimum Gasteiger partial charge on any atom is -0.477 e. The molecule has 104 valence electrons. The van der Waals surface area contributed by atoms with E-state index in [1.165, 1.54) is 6.92 Å². The van der Waals surface area contributed by atoms with Crippen LogP contribution in [0.15, 0.2) is 34.7 Å². The van der Waals surface area contributed by atoms with E-state index in [9.17, 15) is 9.59 Å². The first-order valence-electron chi connectivity index (χ1n) is 5.84. The molecular weight excluding hydrogens is 262 g/mol. The van der Waals surface area contributed by atoms with E-state index in [-0.39, 0.29) is 29.4 Å². The molecule has 20 heavy (non-hydrogen) atoms. The van der Waals surface area contributed by atoms with Crippen LogP contribution in [0.1, 0.15) is 32.0 Å². The quantitative estimate of drug-likeness (QED) is 0.829. The van der Waals surface area contributed by atoms with Gasteiger partial charge >= 0.3 is 11.9 Å². The molecule has 6 heteroatoms. The summed E-state index contributed by atoms with van der Waals surface area (Å²) in [4.78, 5) is 23.1. The SMILES string of the molecule is Cc1oc(N)c(C(=O)O)c1C(=O)OCc1ccccc1. The van der Waals surface area contributed by atoms with Crippen molar-refractivity contribution in [2.45, 2.75) is 13.5 Å². The molecule has 6 nitrogen and oxygen atoms in total. The molecule has 2 rings (SSSR count). The van der Waals surface area contributed by atoms with Gasteiger partial charge in [-0.25, -0.2) is 9.59 Å². The van der Waals surface area contributed by atoms with Gasteiger partial charge in [-0.2, -0.15) is 0 Å². The molecule has 0 radical (unpaired) electrons. The van der Waals surface area contributed by atoms with Gasteiger partial charge in [-0.1, -0.05) is 30.3 Å². The highest BCUT2D eigenvalue weighted by Gasteiger charge is 2.28. The highest BCUT2D eigenvalue weighted by atomic mass is 16.5. The second kappa shape index (κ2) is 5.48. The number of esters is 1. The van der Waals surface area contributed by atoms with E-state index >= 15 is 0 Å². The largest absolute Gasteiger partial charge is 0.477 e. The topological polar surface area (TPSA) is 103 Å². The molecule has 0 bridgehead atoms. The molecule has 0 aliphatic carbocycles. The Labute approximate surface area is 114 Å². The number of aryl methyl sites for hydroxylation is 1. The minimum absolute atomic E-state index is 0.0449. The first-order valence-corrected chi connectivity index (χ1v) is 5.84. The van der Waals surface area contributed by atoms with E-state index in [4.69, 9.17) is 20.0 Å². The van der Waals surface area contributed by atoms with Crippen LogP contribution < -0.4 is 5.73 Å². The van der Waals surface area contributed by atoms with Crippen molar-refractivity contribution in [3.8, 4) is 0 Å². The average Bonchev–Trinajstić information content (AvgIpc) is 2.72. The zero-order chi connectivity index (χ0) is 14.7. The number of hydrogen-bond acceptors (Lipinski definition) is 5. The van der Waals surface area contributed by atoms with E-state index < -0.39 is 11.9 Å². The Balaban J connectivity index is 2.20. The summed E-state index contributed by atoms with van der Waals surface area (Å²) in [6.45, 7) is 1.51. The Bertz CT molecular complexity index is 645. The normalized spacial score (nSPS) is 10.2. The van der Waals surface area contributed by atoms with Gasteiger partial charge in [-0.15, -0.1) is 0 Å². The molecule has 0 aliphatic rings. The Hall–Kier alpha value is -2.76. The van der Waals surface area contributed by atoms with Gasteiger partial charge in [-0.3, -0.25) is 0 Å². The van der Waals surface area contributed by atoms with E-state index in [1.807, 2.05) is 18.2 Å². The summed E-state index contributed by atoms with van der Waals surface area (Å²) in [7, 11) is 0. The number of benzene rings is 1.